The normalized spacial score (nSPS) is 36.9. The van der Waals surface area contributed by atoms with Crippen molar-refractivity contribution < 1.29 is 29.0 Å². The second-order valence-corrected chi connectivity index (χ2v) is 10.6. The van der Waals surface area contributed by atoms with Crippen LogP contribution < -0.4 is 4.74 Å². The summed E-state index contributed by atoms with van der Waals surface area (Å²) in [5, 5.41) is 10.0. The number of rotatable bonds is 3. The van der Waals surface area contributed by atoms with Gasteiger partial charge >= 0.3 is 0 Å². The first-order valence-corrected chi connectivity index (χ1v) is 11.9. The smallest absolute Gasteiger partial charge is 0.253 e. The first-order chi connectivity index (χ1) is 16.0. The van der Waals surface area contributed by atoms with Crippen LogP contribution in [0.1, 0.15) is 31.2 Å². The lowest BCUT2D eigenvalue weighted by Gasteiger charge is -2.51. The minimum atomic E-state index is -1.88. The molecule has 10 heteroatoms. The van der Waals surface area contributed by atoms with Crippen LogP contribution in [0.15, 0.2) is 29.8 Å². The van der Waals surface area contributed by atoms with Gasteiger partial charge in [-0.1, -0.05) is 17.7 Å². The van der Waals surface area contributed by atoms with E-state index in [9.17, 15) is 24.3 Å². The Morgan fingerprint density at radius 3 is 2.47 bits per heavy atom. The molecule has 6 atom stereocenters. The number of alkyl halides is 2. The summed E-state index contributed by atoms with van der Waals surface area (Å²) < 4.78 is 5.51. The van der Waals surface area contributed by atoms with Crippen LogP contribution in [0.4, 0.5) is 0 Å². The molecule has 2 aliphatic heterocycles. The van der Waals surface area contributed by atoms with Crippen molar-refractivity contribution >= 4 is 46.8 Å². The highest BCUT2D eigenvalue weighted by Gasteiger charge is 2.76. The van der Waals surface area contributed by atoms with Gasteiger partial charge in [0.2, 0.25) is 11.8 Å². The lowest BCUT2D eigenvalue weighted by molar-refractivity contribution is -0.141. The molecular weight excluding hydrogens is 483 g/mol. The van der Waals surface area contributed by atoms with Crippen LogP contribution >= 0.6 is 23.2 Å². The summed E-state index contributed by atoms with van der Waals surface area (Å²) in [5.74, 6) is -4.30. The summed E-state index contributed by atoms with van der Waals surface area (Å²) >= 11 is 14.2. The van der Waals surface area contributed by atoms with Gasteiger partial charge in [0.05, 0.1) is 18.9 Å². The summed E-state index contributed by atoms with van der Waals surface area (Å²) in [7, 11) is 2.76. The first-order valence-electron chi connectivity index (χ1n) is 11.1. The van der Waals surface area contributed by atoms with Crippen molar-refractivity contribution in [3.63, 3.8) is 0 Å². The minimum Gasteiger partial charge on any atom is -0.508 e. The quantitative estimate of drug-likeness (QED) is 0.383. The van der Waals surface area contributed by atoms with Gasteiger partial charge in [-0.2, -0.15) is 0 Å². The SMILES string of the molecule is CCN1C(=O)C2CC=C3C(CC4(Cl)C(=O)N(C)C(=O)C4(Cl)C3c3ccc(O)cc3OC)C2C1=O. The first kappa shape index (κ1) is 23.2. The summed E-state index contributed by atoms with van der Waals surface area (Å²) in [5.41, 5.74) is 1.15. The number of carbonyl (C=O) groups excluding carboxylic acids is 4. The van der Waals surface area contributed by atoms with Gasteiger partial charge in [-0.05, 0) is 31.7 Å². The molecule has 0 aromatic heterocycles. The van der Waals surface area contributed by atoms with E-state index in [1.807, 2.05) is 6.08 Å². The largest absolute Gasteiger partial charge is 0.508 e. The Bertz CT molecular complexity index is 1180. The van der Waals surface area contributed by atoms with Gasteiger partial charge in [-0.3, -0.25) is 29.0 Å². The van der Waals surface area contributed by atoms with E-state index in [1.54, 1.807) is 13.0 Å². The van der Waals surface area contributed by atoms with Gasteiger partial charge in [-0.15, -0.1) is 23.2 Å². The second kappa shape index (κ2) is 7.46. The van der Waals surface area contributed by atoms with Crippen molar-refractivity contribution in [3.05, 3.63) is 35.4 Å². The molecule has 3 fully saturated rings. The molecule has 1 aromatic rings. The highest BCUT2D eigenvalue weighted by atomic mass is 35.5. The predicted octanol–water partition coefficient (Wildman–Crippen LogP) is 2.41. The highest BCUT2D eigenvalue weighted by molar-refractivity contribution is 6.53. The van der Waals surface area contributed by atoms with E-state index >= 15 is 0 Å². The fourth-order valence-corrected chi connectivity index (χ4v) is 7.42. The molecule has 2 heterocycles. The van der Waals surface area contributed by atoms with Crippen molar-refractivity contribution in [1.82, 2.24) is 9.80 Å². The predicted molar refractivity (Wildman–Crippen MR) is 123 cm³/mol. The molecular formula is C24H24Cl2N2O6. The Kier molecular flexibility index (Phi) is 5.08. The standard InChI is InChI=1S/C24H24Cl2N2O6/c1-4-28-19(30)14-8-7-12-15(17(14)20(28)31)10-23(25)21(32)27(2)22(33)24(23,26)18(12)13-6-5-11(29)9-16(13)34-3/h5-7,9,14-15,17-18,29H,4,8,10H2,1-3H3. The van der Waals surface area contributed by atoms with Crippen LogP contribution in [0.3, 0.4) is 0 Å². The van der Waals surface area contributed by atoms with Crippen LogP contribution in [-0.2, 0) is 19.2 Å². The average Bonchev–Trinajstić information content (AvgIpc) is 3.14. The van der Waals surface area contributed by atoms with Crippen molar-refractivity contribution in [2.75, 3.05) is 20.7 Å². The number of benzene rings is 1. The summed E-state index contributed by atoms with van der Waals surface area (Å²) in [4.78, 5) is 51.5. The number of hydrogen-bond acceptors (Lipinski definition) is 6. The molecule has 6 unspecified atom stereocenters. The van der Waals surface area contributed by atoms with Gasteiger partial charge in [-0.25, -0.2) is 0 Å². The Labute approximate surface area is 206 Å². The molecule has 4 aliphatic rings. The van der Waals surface area contributed by atoms with Gasteiger partial charge in [0.25, 0.3) is 11.8 Å². The third-order valence-electron chi connectivity index (χ3n) is 7.95. The monoisotopic (exact) mass is 506 g/mol. The molecule has 0 spiro atoms. The number of phenolic OH excluding ortho intramolecular Hbond substituents is 1. The molecule has 1 N–H and O–H groups in total. The van der Waals surface area contributed by atoms with E-state index in [1.165, 1.54) is 31.2 Å². The number of amides is 4. The van der Waals surface area contributed by atoms with Crippen LogP contribution in [0, 0.1) is 17.8 Å². The van der Waals surface area contributed by atoms with E-state index in [4.69, 9.17) is 27.9 Å². The van der Waals surface area contributed by atoms with Crippen molar-refractivity contribution in [2.24, 2.45) is 17.8 Å². The molecule has 0 radical (unpaired) electrons. The van der Waals surface area contributed by atoms with Gasteiger partial charge in [0.1, 0.15) is 11.5 Å². The lowest BCUT2D eigenvalue weighted by atomic mass is 9.56. The van der Waals surface area contributed by atoms with Gasteiger partial charge < -0.3 is 9.84 Å². The van der Waals surface area contributed by atoms with E-state index in [0.29, 0.717) is 17.6 Å². The fourth-order valence-electron chi connectivity index (χ4n) is 6.40. The Morgan fingerprint density at radius 2 is 1.82 bits per heavy atom. The fraction of sp³-hybridized carbons (Fsp3) is 0.500. The number of aromatic hydroxyl groups is 1. The molecule has 4 amide bonds. The number of imide groups is 2. The molecule has 1 aromatic carbocycles. The maximum Gasteiger partial charge on any atom is 0.253 e. The number of nitrogens with zero attached hydrogens (tertiary/aromatic N) is 2. The maximum atomic E-state index is 13.5. The summed E-state index contributed by atoms with van der Waals surface area (Å²) in [6.45, 7) is 2.00. The molecule has 1 saturated carbocycles. The van der Waals surface area contributed by atoms with Crippen molar-refractivity contribution in [1.29, 1.82) is 0 Å². The zero-order valence-corrected chi connectivity index (χ0v) is 20.4. The van der Waals surface area contributed by atoms with E-state index in [-0.39, 0.29) is 36.3 Å². The summed E-state index contributed by atoms with van der Waals surface area (Å²) in [6.07, 6.45) is 2.13. The Balaban J connectivity index is 1.76. The van der Waals surface area contributed by atoms with Crippen LogP contribution in [-0.4, -0.2) is 69.0 Å². The topological polar surface area (TPSA) is 104 Å². The van der Waals surface area contributed by atoms with Crippen LogP contribution in [0.5, 0.6) is 11.5 Å². The van der Waals surface area contributed by atoms with E-state index < -0.39 is 45.2 Å². The van der Waals surface area contributed by atoms with E-state index in [2.05, 4.69) is 0 Å². The van der Waals surface area contributed by atoms with E-state index in [0.717, 1.165) is 4.90 Å². The number of hydrogen-bond donors (Lipinski definition) is 1. The van der Waals surface area contributed by atoms with Crippen LogP contribution in [0.2, 0.25) is 0 Å². The number of phenols is 1. The van der Waals surface area contributed by atoms with Crippen molar-refractivity contribution in [2.45, 2.75) is 35.4 Å². The molecule has 0 bridgehead atoms. The number of carbonyl (C=O) groups is 4. The van der Waals surface area contributed by atoms with Crippen molar-refractivity contribution in [3.8, 4) is 11.5 Å². The second-order valence-electron chi connectivity index (χ2n) is 9.34. The van der Waals surface area contributed by atoms with Gasteiger partial charge in [0.15, 0.2) is 9.75 Å². The minimum absolute atomic E-state index is 0.0482. The van der Waals surface area contributed by atoms with Gasteiger partial charge in [0, 0.05) is 31.1 Å². The highest BCUT2D eigenvalue weighted by Crippen LogP contribution is 2.66. The number of ether oxygens (including phenoxy) is 1. The number of allylic oxidation sites excluding steroid dienone is 2. The molecule has 2 aliphatic carbocycles. The number of halogens is 2. The molecule has 5 rings (SSSR count). The zero-order chi connectivity index (χ0) is 24.7. The number of fused-ring (bicyclic) bond motifs is 4. The van der Waals surface area contributed by atoms with Crippen LogP contribution in [0.25, 0.3) is 0 Å². The average molecular weight is 507 g/mol. The number of methoxy groups -OCH3 is 1. The Morgan fingerprint density at radius 1 is 1.12 bits per heavy atom. The maximum absolute atomic E-state index is 13.5. The molecule has 2 saturated heterocycles. The number of likely N-dealkylation sites (tertiary alicyclic amines) is 2. The third kappa shape index (κ3) is 2.61. The zero-order valence-electron chi connectivity index (χ0n) is 18.9. The molecule has 34 heavy (non-hydrogen) atoms. The molecule has 8 nitrogen and oxygen atoms in total. The third-order valence-corrected chi connectivity index (χ3v) is 9.36. The molecule has 180 valence electrons. The lowest BCUT2D eigenvalue weighted by Crippen LogP contribution is -2.60. The summed E-state index contributed by atoms with van der Waals surface area (Å²) in [6, 6.07) is 4.43. The Hall–Kier alpha value is -2.58.